The first-order chi connectivity index (χ1) is 28.3. The second-order valence-electron chi connectivity index (χ2n) is 16.9. The third-order valence-electron chi connectivity index (χ3n) is 13.2. The van der Waals surface area contributed by atoms with Gasteiger partial charge in [0.1, 0.15) is 0 Å². The normalized spacial score (nSPS) is 16.1. The van der Waals surface area contributed by atoms with Crippen LogP contribution >= 0.6 is 0 Å². The van der Waals surface area contributed by atoms with E-state index in [-0.39, 0.29) is 10.8 Å². The largest absolute Gasteiger partial charge is 0.453 e. The summed E-state index contributed by atoms with van der Waals surface area (Å²) in [6.45, 7) is 9.39. The fourth-order valence-electron chi connectivity index (χ4n) is 10.5. The summed E-state index contributed by atoms with van der Waals surface area (Å²) in [6.07, 6.45) is 0. The van der Waals surface area contributed by atoms with E-state index in [0.29, 0.717) is 0 Å². The zero-order valence-corrected chi connectivity index (χ0v) is 34.3. The van der Waals surface area contributed by atoms with Gasteiger partial charge in [-0.05, 0) is 79.4 Å². The summed E-state index contributed by atoms with van der Waals surface area (Å²) in [5.41, 5.74) is 11.6. The quantitative estimate of drug-likeness (QED) is 0.166. The highest BCUT2D eigenvalue weighted by atomic mass is 28.3. The summed E-state index contributed by atoms with van der Waals surface area (Å²) in [7, 11) is -3.07. The number of hydrogen-bond donors (Lipinski definition) is 0. The van der Waals surface area contributed by atoms with Crippen LogP contribution in [0.25, 0.3) is 0 Å². The molecule has 0 spiro atoms. The summed E-state index contributed by atoms with van der Waals surface area (Å²) in [6, 6.07) is 71.8. The van der Waals surface area contributed by atoms with Gasteiger partial charge in [-0.2, -0.15) is 0 Å². The third-order valence-corrected chi connectivity index (χ3v) is 18.0. The fourth-order valence-corrected chi connectivity index (χ4v) is 15.5. The van der Waals surface area contributed by atoms with Crippen LogP contribution in [0.5, 0.6) is 11.5 Å². The molecular weight excluding hydrogens is 721 g/mol. The molecule has 0 aliphatic carbocycles. The second-order valence-corrected chi connectivity index (χ2v) is 20.6. The van der Waals surface area contributed by atoms with E-state index in [0.717, 1.165) is 22.9 Å². The molecule has 3 aliphatic heterocycles. The van der Waals surface area contributed by atoms with Gasteiger partial charge in [0.15, 0.2) is 19.6 Å². The van der Waals surface area contributed by atoms with Gasteiger partial charge in [-0.3, -0.25) is 0 Å². The van der Waals surface area contributed by atoms with Crippen molar-refractivity contribution < 1.29 is 4.74 Å². The molecule has 58 heavy (non-hydrogen) atoms. The van der Waals surface area contributed by atoms with Gasteiger partial charge in [-0.15, -0.1) is 0 Å². The molecule has 0 fully saturated rings. The number of rotatable bonds is 4. The molecule has 3 nitrogen and oxygen atoms in total. The van der Waals surface area contributed by atoms with E-state index in [4.69, 9.17) is 4.74 Å². The summed E-state index contributed by atoms with van der Waals surface area (Å²) in [4.78, 5) is 4.93. The van der Waals surface area contributed by atoms with Crippen molar-refractivity contribution in [1.82, 2.24) is 0 Å². The highest BCUT2D eigenvalue weighted by Crippen LogP contribution is 2.57. The van der Waals surface area contributed by atoms with Crippen molar-refractivity contribution >= 4 is 62.9 Å². The van der Waals surface area contributed by atoms with Crippen LogP contribution in [0.1, 0.15) is 49.9 Å². The number of ether oxygens (including phenoxy) is 1. The van der Waals surface area contributed by atoms with E-state index in [2.05, 4.69) is 232 Å². The molecule has 3 aliphatic rings. The first kappa shape index (κ1) is 34.6. The molecule has 0 aromatic heterocycles. The van der Waals surface area contributed by atoms with Gasteiger partial charge in [-0.1, -0.05) is 185 Å². The number of nitrogens with zero attached hydrogens (tertiary/aromatic N) is 2. The van der Waals surface area contributed by atoms with Crippen LogP contribution in [-0.4, -0.2) is 8.07 Å². The van der Waals surface area contributed by atoms with Crippen LogP contribution in [0.15, 0.2) is 194 Å². The molecule has 0 atom stereocenters. The van der Waals surface area contributed by atoms with Gasteiger partial charge in [0.05, 0.1) is 34.1 Å². The average molecular weight is 765 g/mol. The zero-order chi connectivity index (χ0) is 39.2. The lowest BCUT2D eigenvalue weighted by Crippen LogP contribution is -2.76. The Morgan fingerprint density at radius 2 is 0.621 bits per heavy atom. The van der Waals surface area contributed by atoms with Gasteiger partial charge in [0.25, 0.3) is 0 Å². The van der Waals surface area contributed by atoms with Crippen LogP contribution in [0, 0.1) is 0 Å². The minimum atomic E-state index is -3.07. The van der Waals surface area contributed by atoms with Gasteiger partial charge in [0, 0.05) is 10.8 Å². The molecule has 11 rings (SSSR count). The molecule has 0 unspecified atom stereocenters. The molecule has 0 amide bonds. The molecule has 4 heteroatoms. The zero-order valence-electron chi connectivity index (χ0n) is 33.3. The molecule has 0 radical (unpaired) electrons. The number of fused-ring (bicyclic) bond motifs is 6. The molecule has 0 saturated carbocycles. The van der Waals surface area contributed by atoms with Gasteiger partial charge < -0.3 is 14.5 Å². The highest BCUT2D eigenvalue weighted by Gasteiger charge is 2.51. The Bertz CT molecular complexity index is 2600. The van der Waals surface area contributed by atoms with Crippen LogP contribution in [0.2, 0.25) is 0 Å². The fraction of sp³-hybridized carbons (Fsp3) is 0.111. The average Bonchev–Trinajstić information content (AvgIpc) is 3.27. The first-order valence-corrected chi connectivity index (χ1v) is 22.4. The molecule has 3 heterocycles. The van der Waals surface area contributed by atoms with E-state index in [1.807, 2.05) is 0 Å². The highest BCUT2D eigenvalue weighted by molar-refractivity contribution is 7.21. The summed E-state index contributed by atoms with van der Waals surface area (Å²) < 4.78 is 7.76. The van der Waals surface area contributed by atoms with Crippen LogP contribution < -0.4 is 35.3 Å². The smallest absolute Gasteiger partial charge is 0.188 e. The van der Waals surface area contributed by atoms with E-state index >= 15 is 0 Å². The molecule has 280 valence electrons. The van der Waals surface area contributed by atoms with Crippen molar-refractivity contribution in [3.8, 4) is 11.5 Å². The van der Waals surface area contributed by atoms with E-state index < -0.39 is 8.07 Å². The van der Waals surface area contributed by atoms with Crippen LogP contribution in [0.3, 0.4) is 0 Å². The summed E-state index contributed by atoms with van der Waals surface area (Å²) in [5, 5.41) is 5.13. The topological polar surface area (TPSA) is 15.7 Å². The number of anilines is 6. The van der Waals surface area contributed by atoms with Crippen molar-refractivity contribution in [3.63, 3.8) is 0 Å². The molecular formula is C54H44N2OSi. The molecule has 0 saturated heterocycles. The standard InChI is InChI=1S/C54H44N2OSi/c1-53(2)39-25-11-15-29-43(39)55(44-30-16-12-26-40(44)53)47-33-19-35-49-51(47)57-52-48(56-45-31-17-13-27-41(45)54(3,4)42-28-14-18-32-46(42)56)34-20-36-50(52)58(49,37-21-7-5-8-22-37)38-23-9-6-10-24-38/h5-36H,1-4H3. The van der Waals surface area contributed by atoms with E-state index in [1.165, 1.54) is 65.8 Å². The lowest BCUT2D eigenvalue weighted by atomic mass is 9.73. The predicted octanol–water partition coefficient (Wildman–Crippen LogP) is 11.4. The number of para-hydroxylation sites is 6. The van der Waals surface area contributed by atoms with Crippen molar-refractivity contribution in [2.45, 2.75) is 38.5 Å². The lowest BCUT2D eigenvalue weighted by Gasteiger charge is -2.46. The van der Waals surface area contributed by atoms with E-state index in [9.17, 15) is 0 Å². The van der Waals surface area contributed by atoms with Crippen LogP contribution in [-0.2, 0) is 10.8 Å². The SMILES string of the molecule is CC1(C)c2ccccc2N(c2cccc3c2Oc2c(N4c5ccccc5C(C)(C)c5ccccc54)cccc2[Si]3(c2ccccc2)c2ccccc2)c2ccccc21. The Labute approximate surface area is 342 Å². The Kier molecular flexibility index (Phi) is 7.57. The predicted molar refractivity (Wildman–Crippen MR) is 244 cm³/mol. The van der Waals surface area contributed by atoms with Gasteiger partial charge in [0.2, 0.25) is 0 Å². The Hall–Kier alpha value is -6.62. The number of hydrogen-bond acceptors (Lipinski definition) is 3. The first-order valence-electron chi connectivity index (χ1n) is 20.4. The minimum absolute atomic E-state index is 0.186. The Balaban J connectivity index is 1.26. The maximum atomic E-state index is 7.76. The van der Waals surface area contributed by atoms with E-state index in [1.54, 1.807) is 0 Å². The molecule has 8 aromatic carbocycles. The van der Waals surface area contributed by atoms with Gasteiger partial charge in [-0.25, -0.2) is 0 Å². The molecule has 0 bridgehead atoms. The summed E-state index contributed by atoms with van der Waals surface area (Å²) >= 11 is 0. The van der Waals surface area contributed by atoms with Crippen molar-refractivity contribution in [1.29, 1.82) is 0 Å². The maximum Gasteiger partial charge on any atom is 0.188 e. The minimum Gasteiger partial charge on any atom is -0.453 e. The summed E-state index contributed by atoms with van der Waals surface area (Å²) in [5.74, 6) is 1.81. The molecule has 8 aromatic rings. The molecule has 0 N–H and O–H groups in total. The van der Waals surface area contributed by atoms with Crippen molar-refractivity contribution in [3.05, 3.63) is 216 Å². The second kappa shape index (κ2) is 12.7. The maximum absolute atomic E-state index is 7.76. The third kappa shape index (κ3) is 4.67. The Morgan fingerprint density at radius 1 is 0.328 bits per heavy atom. The number of benzene rings is 8. The Morgan fingerprint density at radius 3 is 0.966 bits per heavy atom. The monoisotopic (exact) mass is 764 g/mol. The van der Waals surface area contributed by atoms with Crippen molar-refractivity contribution in [2.24, 2.45) is 0 Å². The van der Waals surface area contributed by atoms with Crippen LogP contribution in [0.4, 0.5) is 34.1 Å². The lowest BCUT2D eigenvalue weighted by molar-refractivity contribution is 0.488. The van der Waals surface area contributed by atoms with Crippen molar-refractivity contribution in [2.75, 3.05) is 9.80 Å². The van der Waals surface area contributed by atoms with Gasteiger partial charge >= 0.3 is 0 Å².